The van der Waals surface area contributed by atoms with Crippen molar-refractivity contribution in [2.75, 3.05) is 11.9 Å². The highest BCUT2D eigenvalue weighted by Gasteiger charge is 2.09. The minimum atomic E-state index is -0.0657. The lowest BCUT2D eigenvalue weighted by atomic mass is 10.2. The van der Waals surface area contributed by atoms with Crippen LogP contribution < -0.4 is 10.6 Å². The van der Waals surface area contributed by atoms with Crippen LogP contribution in [0.3, 0.4) is 0 Å². The highest BCUT2D eigenvalue weighted by atomic mass is 16.3. The third-order valence-corrected chi connectivity index (χ3v) is 2.84. The van der Waals surface area contributed by atoms with Crippen molar-refractivity contribution < 1.29 is 9.21 Å². The Morgan fingerprint density at radius 1 is 1.32 bits per heavy atom. The number of rotatable bonds is 5. The lowest BCUT2D eigenvalue weighted by Crippen LogP contribution is -2.29. The standard InChI is InChI=1S/C15H18N2O2/c1-11-5-3-6-13(9-11)17-15(18)10-16-12(2)14-7-4-8-19-14/h3-9,12,16H,10H2,1-2H3,(H,17,18)/t12-/m1/s1. The van der Waals surface area contributed by atoms with Crippen LogP contribution in [0, 0.1) is 6.92 Å². The van der Waals surface area contributed by atoms with Gasteiger partial charge in [0.05, 0.1) is 18.8 Å². The Balaban J connectivity index is 1.82. The number of carbonyl (C=O) groups excluding carboxylic acids is 1. The number of carbonyl (C=O) groups is 1. The lowest BCUT2D eigenvalue weighted by molar-refractivity contribution is -0.115. The van der Waals surface area contributed by atoms with E-state index >= 15 is 0 Å². The number of anilines is 1. The smallest absolute Gasteiger partial charge is 0.238 e. The highest BCUT2D eigenvalue weighted by molar-refractivity contribution is 5.92. The number of furan rings is 1. The van der Waals surface area contributed by atoms with E-state index in [2.05, 4.69) is 10.6 Å². The van der Waals surface area contributed by atoms with Gasteiger partial charge in [-0.15, -0.1) is 0 Å². The van der Waals surface area contributed by atoms with Gasteiger partial charge in [-0.25, -0.2) is 0 Å². The van der Waals surface area contributed by atoms with Crippen molar-refractivity contribution in [2.45, 2.75) is 19.9 Å². The normalized spacial score (nSPS) is 12.1. The molecule has 4 heteroatoms. The summed E-state index contributed by atoms with van der Waals surface area (Å²) in [6.07, 6.45) is 1.63. The molecule has 2 aromatic rings. The molecule has 0 unspecified atom stereocenters. The van der Waals surface area contributed by atoms with Gasteiger partial charge in [0.15, 0.2) is 0 Å². The number of benzene rings is 1. The van der Waals surface area contributed by atoms with Crippen molar-refractivity contribution in [1.29, 1.82) is 0 Å². The Hall–Kier alpha value is -2.07. The van der Waals surface area contributed by atoms with Gasteiger partial charge >= 0.3 is 0 Å². The Morgan fingerprint density at radius 2 is 2.16 bits per heavy atom. The number of amides is 1. The summed E-state index contributed by atoms with van der Waals surface area (Å²) in [4.78, 5) is 11.8. The molecule has 0 bridgehead atoms. The first-order chi connectivity index (χ1) is 9.15. The van der Waals surface area contributed by atoms with E-state index in [-0.39, 0.29) is 18.5 Å². The van der Waals surface area contributed by atoms with Gasteiger partial charge in [0.1, 0.15) is 5.76 Å². The molecule has 0 saturated heterocycles. The van der Waals surface area contributed by atoms with Crippen molar-refractivity contribution in [3.63, 3.8) is 0 Å². The summed E-state index contributed by atoms with van der Waals surface area (Å²) in [6.45, 7) is 4.20. The van der Waals surface area contributed by atoms with E-state index in [9.17, 15) is 4.79 Å². The van der Waals surface area contributed by atoms with E-state index in [0.717, 1.165) is 17.0 Å². The van der Waals surface area contributed by atoms with Gasteiger partial charge in [-0.05, 0) is 43.7 Å². The molecule has 0 radical (unpaired) electrons. The predicted molar refractivity (Wildman–Crippen MR) is 74.9 cm³/mol. The molecular formula is C15H18N2O2. The van der Waals surface area contributed by atoms with Gasteiger partial charge in [0.25, 0.3) is 0 Å². The van der Waals surface area contributed by atoms with Gasteiger partial charge in [-0.2, -0.15) is 0 Å². The molecule has 1 heterocycles. The molecule has 0 fully saturated rings. The number of aryl methyl sites for hydroxylation is 1. The minimum Gasteiger partial charge on any atom is -0.468 e. The summed E-state index contributed by atoms with van der Waals surface area (Å²) in [7, 11) is 0. The predicted octanol–water partition coefficient (Wildman–Crippen LogP) is 2.88. The van der Waals surface area contributed by atoms with Gasteiger partial charge in [0.2, 0.25) is 5.91 Å². The Labute approximate surface area is 112 Å². The zero-order chi connectivity index (χ0) is 13.7. The zero-order valence-electron chi connectivity index (χ0n) is 11.1. The van der Waals surface area contributed by atoms with Gasteiger partial charge < -0.3 is 9.73 Å². The van der Waals surface area contributed by atoms with Crippen LogP contribution >= 0.6 is 0 Å². The summed E-state index contributed by atoms with van der Waals surface area (Å²) in [5.41, 5.74) is 1.94. The topological polar surface area (TPSA) is 54.3 Å². The van der Waals surface area contributed by atoms with Crippen LogP contribution in [0.15, 0.2) is 47.1 Å². The number of hydrogen-bond acceptors (Lipinski definition) is 3. The second-order valence-electron chi connectivity index (χ2n) is 4.54. The third-order valence-electron chi connectivity index (χ3n) is 2.84. The van der Waals surface area contributed by atoms with E-state index in [0.29, 0.717) is 0 Å². The second-order valence-corrected chi connectivity index (χ2v) is 4.54. The summed E-state index contributed by atoms with van der Waals surface area (Å²) in [5.74, 6) is 0.757. The van der Waals surface area contributed by atoms with E-state index in [1.54, 1.807) is 6.26 Å². The molecule has 0 aliphatic heterocycles. The van der Waals surface area contributed by atoms with E-state index in [1.165, 1.54) is 0 Å². The molecule has 1 atom stereocenters. The van der Waals surface area contributed by atoms with Crippen molar-refractivity contribution >= 4 is 11.6 Å². The summed E-state index contributed by atoms with van der Waals surface area (Å²) < 4.78 is 5.27. The fraction of sp³-hybridized carbons (Fsp3) is 0.267. The molecule has 1 amide bonds. The monoisotopic (exact) mass is 258 g/mol. The second kappa shape index (κ2) is 6.20. The van der Waals surface area contributed by atoms with Crippen LogP contribution in [0.5, 0.6) is 0 Å². The van der Waals surface area contributed by atoms with E-state index in [4.69, 9.17) is 4.42 Å². The first kappa shape index (κ1) is 13.4. The lowest BCUT2D eigenvalue weighted by Gasteiger charge is -2.11. The van der Waals surface area contributed by atoms with Crippen molar-refractivity contribution in [1.82, 2.24) is 5.32 Å². The summed E-state index contributed by atoms with van der Waals surface area (Å²) in [5, 5.41) is 5.97. The van der Waals surface area contributed by atoms with Crippen LogP contribution in [0.25, 0.3) is 0 Å². The molecule has 0 spiro atoms. The molecule has 19 heavy (non-hydrogen) atoms. The van der Waals surface area contributed by atoms with Gasteiger partial charge in [-0.3, -0.25) is 10.1 Å². The first-order valence-electron chi connectivity index (χ1n) is 6.28. The molecule has 0 saturated carbocycles. The van der Waals surface area contributed by atoms with Crippen molar-refractivity contribution in [3.8, 4) is 0 Å². The molecule has 100 valence electrons. The summed E-state index contributed by atoms with van der Waals surface area (Å²) >= 11 is 0. The van der Waals surface area contributed by atoms with Crippen LogP contribution in [-0.4, -0.2) is 12.5 Å². The highest BCUT2D eigenvalue weighted by Crippen LogP contribution is 2.12. The van der Waals surface area contributed by atoms with Crippen molar-refractivity contribution in [2.24, 2.45) is 0 Å². The maximum absolute atomic E-state index is 11.8. The first-order valence-corrected chi connectivity index (χ1v) is 6.28. The molecular weight excluding hydrogens is 240 g/mol. The van der Waals surface area contributed by atoms with Crippen molar-refractivity contribution in [3.05, 3.63) is 54.0 Å². The van der Waals surface area contributed by atoms with Crippen LogP contribution in [-0.2, 0) is 4.79 Å². The maximum atomic E-state index is 11.8. The van der Waals surface area contributed by atoms with Gasteiger partial charge in [0, 0.05) is 5.69 Å². The van der Waals surface area contributed by atoms with Crippen LogP contribution in [0.4, 0.5) is 5.69 Å². The molecule has 2 N–H and O–H groups in total. The van der Waals surface area contributed by atoms with Crippen LogP contribution in [0.1, 0.15) is 24.3 Å². The molecule has 1 aromatic carbocycles. The quantitative estimate of drug-likeness (QED) is 0.867. The number of hydrogen-bond donors (Lipinski definition) is 2. The Bertz CT molecular complexity index is 535. The fourth-order valence-electron chi connectivity index (χ4n) is 1.81. The average Bonchev–Trinajstić information content (AvgIpc) is 2.90. The number of nitrogens with one attached hydrogen (secondary N) is 2. The third kappa shape index (κ3) is 3.96. The summed E-state index contributed by atoms with van der Waals surface area (Å²) in [6, 6.07) is 11.5. The molecule has 1 aromatic heterocycles. The SMILES string of the molecule is Cc1cccc(NC(=O)CN[C@H](C)c2ccco2)c1. The Kier molecular flexibility index (Phi) is 4.36. The molecule has 0 aliphatic rings. The zero-order valence-corrected chi connectivity index (χ0v) is 11.1. The van der Waals surface area contributed by atoms with E-state index < -0.39 is 0 Å². The molecule has 2 rings (SSSR count). The molecule has 4 nitrogen and oxygen atoms in total. The van der Waals surface area contributed by atoms with Crippen LogP contribution in [0.2, 0.25) is 0 Å². The molecule has 0 aliphatic carbocycles. The minimum absolute atomic E-state index is 0.0123. The van der Waals surface area contributed by atoms with Gasteiger partial charge in [-0.1, -0.05) is 12.1 Å². The average molecular weight is 258 g/mol. The fourth-order valence-corrected chi connectivity index (χ4v) is 1.81. The maximum Gasteiger partial charge on any atom is 0.238 e. The van der Waals surface area contributed by atoms with E-state index in [1.807, 2.05) is 50.2 Å². The Morgan fingerprint density at radius 3 is 2.84 bits per heavy atom. The largest absolute Gasteiger partial charge is 0.468 e.